The monoisotopic (exact) mass is 490 g/mol. The van der Waals surface area contributed by atoms with Crippen LogP contribution in [0.5, 0.6) is 0 Å². The van der Waals surface area contributed by atoms with Crippen molar-refractivity contribution in [1.82, 2.24) is 19.7 Å². The van der Waals surface area contributed by atoms with Crippen molar-refractivity contribution in [3.63, 3.8) is 0 Å². The highest BCUT2D eigenvalue weighted by molar-refractivity contribution is 8.00. The molecule has 0 bridgehead atoms. The summed E-state index contributed by atoms with van der Waals surface area (Å²) in [5.74, 6) is 0.377. The molecule has 0 spiro atoms. The van der Waals surface area contributed by atoms with E-state index in [1.165, 1.54) is 23.5 Å². The molecule has 0 saturated heterocycles. The minimum atomic E-state index is -0.413. The zero-order valence-electron chi connectivity index (χ0n) is 18.1. The van der Waals surface area contributed by atoms with Crippen LogP contribution in [0.1, 0.15) is 5.56 Å². The van der Waals surface area contributed by atoms with E-state index in [0.717, 1.165) is 16.0 Å². The molecule has 2 amide bonds. The first kappa shape index (κ1) is 23.5. The van der Waals surface area contributed by atoms with Crippen molar-refractivity contribution in [2.24, 2.45) is 5.73 Å². The largest absolute Gasteiger partial charge is 0.369 e. The summed E-state index contributed by atoms with van der Waals surface area (Å²) in [6.07, 6.45) is 3.45. The van der Waals surface area contributed by atoms with Crippen LogP contribution in [-0.4, -0.2) is 43.1 Å². The van der Waals surface area contributed by atoms with Crippen molar-refractivity contribution >= 4 is 41.0 Å². The highest BCUT2D eigenvalue weighted by Crippen LogP contribution is 2.28. The highest BCUT2D eigenvalue weighted by atomic mass is 32.2. The molecule has 0 aliphatic carbocycles. The van der Waals surface area contributed by atoms with Gasteiger partial charge in [0.2, 0.25) is 11.8 Å². The van der Waals surface area contributed by atoms with E-state index in [-0.39, 0.29) is 17.4 Å². The predicted octanol–water partition coefficient (Wildman–Crippen LogP) is 3.70. The Kier molecular flexibility index (Phi) is 7.95. The molecule has 0 aliphatic heterocycles. The van der Waals surface area contributed by atoms with E-state index in [0.29, 0.717) is 23.2 Å². The molecular formula is C24H22N6O2S2. The molecular weight excluding hydrogens is 468 g/mol. The molecule has 8 nitrogen and oxygen atoms in total. The van der Waals surface area contributed by atoms with Crippen molar-refractivity contribution < 1.29 is 9.59 Å². The van der Waals surface area contributed by atoms with Gasteiger partial charge in [0.25, 0.3) is 0 Å². The van der Waals surface area contributed by atoms with E-state index in [1.807, 2.05) is 65.2 Å². The van der Waals surface area contributed by atoms with E-state index < -0.39 is 5.91 Å². The topological polar surface area (TPSA) is 116 Å². The van der Waals surface area contributed by atoms with Gasteiger partial charge in [0.05, 0.1) is 23.7 Å². The summed E-state index contributed by atoms with van der Waals surface area (Å²) in [6, 6.07) is 21.1. The summed E-state index contributed by atoms with van der Waals surface area (Å²) in [6.45, 7) is 0.564. The van der Waals surface area contributed by atoms with Gasteiger partial charge in [-0.1, -0.05) is 54.2 Å². The van der Waals surface area contributed by atoms with Gasteiger partial charge in [0.1, 0.15) is 0 Å². The van der Waals surface area contributed by atoms with Crippen molar-refractivity contribution in [1.29, 1.82) is 0 Å². The fourth-order valence-electron chi connectivity index (χ4n) is 3.17. The van der Waals surface area contributed by atoms with Crippen LogP contribution in [0.2, 0.25) is 0 Å². The van der Waals surface area contributed by atoms with Gasteiger partial charge < -0.3 is 11.1 Å². The smallest absolute Gasteiger partial charge is 0.234 e. The molecule has 3 N–H and O–H groups in total. The number of nitrogens with two attached hydrogens (primary N) is 1. The number of hydrogen-bond acceptors (Lipinski definition) is 7. The van der Waals surface area contributed by atoms with Crippen LogP contribution >= 0.6 is 23.5 Å². The van der Waals surface area contributed by atoms with E-state index in [1.54, 1.807) is 18.5 Å². The first-order valence-corrected chi connectivity index (χ1v) is 12.4. The van der Waals surface area contributed by atoms with Gasteiger partial charge in [0, 0.05) is 22.9 Å². The Morgan fingerprint density at radius 1 is 0.912 bits per heavy atom. The maximum atomic E-state index is 12.7. The second-order valence-corrected chi connectivity index (χ2v) is 9.17. The molecule has 4 rings (SSSR count). The van der Waals surface area contributed by atoms with E-state index in [4.69, 9.17) is 5.73 Å². The third-order valence-electron chi connectivity index (χ3n) is 4.68. The summed E-state index contributed by atoms with van der Waals surface area (Å²) >= 11 is 2.60. The van der Waals surface area contributed by atoms with Gasteiger partial charge in [-0.2, -0.15) is 0 Å². The first-order chi connectivity index (χ1) is 16.6. The van der Waals surface area contributed by atoms with Crippen LogP contribution in [0.15, 0.2) is 89.2 Å². The lowest BCUT2D eigenvalue weighted by Crippen LogP contribution is -2.16. The molecule has 0 aliphatic rings. The summed E-state index contributed by atoms with van der Waals surface area (Å²) in [5, 5.41) is 12.3. The van der Waals surface area contributed by atoms with Crippen molar-refractivity contribution in [3.8, 4) is 11.4 Å². The summed E-state index contributed by atoms with van der Waals surface area (Å²) in [5.41, 5.74) is 7.83. The van der Waals surface area contributed by atoms with Crippen molar-refractivity contribution in [2.75, 3.05) is 16.8 Å². The highest BCUT2D eigenvalue weighted by Gasteiger charge is 2.17. The number of carbonyl (C=O) groups is 2. The number of carbonyl (C=O) groups excluding carboxylic acids is 2. The van der Waals surface area contributed by atoms with Gasteiger partial charge in [-0.3, -0.25) is 19.1 Å². The molecule has 0 radical (unpaired) electrons. The molecule has 0 atom stereocenters. The Morgan fingerprint density at radius 2 is 1.71 bits per heavy atom. The van der Waals surface area contributed by atoms with Crippen LogP contribution in [-0.2, 0) is 16.1 Å². The maximum Gasteiger partial charge on any atom is 0.234 e. The standard InChI is InChI=1S/C24H22N6O2S2/c25-21(31)15-33-20-11-5-4-10-19(20)27-22(32)16-34-24-29-28-23(18-9-6-12-26-13-18)30(24)14-17-7-2-1-3-8-17/h1-13H,14-16H2,(H2,25,31)(H,27,32). The third-order valence-corrected chi connectivity index (χ3v) is 6.75. The normalized spacial score (nSPS) is 10.7. The van der Waals surface area contributed by atoms with Crippen LogP contribution in [0.4, 0.5) is 5.69 Å². The van der Waals surface area contributed by atoms with Gasteiger partial charge in [-0.05, 0) is 29.8 Å². The Labute approximate surface area is 205 Å². The molecule has 0 unspecified atom stereocenters. The second kappa shape index (κ2) is 11.5. The second-order valence-electron chi connectivity index (χ2n) is 7.21. The first-order valence-electron chi connectivity index (χ1n) is 10.4. The molecule has 172 valence electrons. The van der Waals surface area contributed by atoms with Crippen LogP contribution in [0, 0.1) is 0 Å². The minimum absolute atomic E-state index is 0.140. The SMILES string of the molecule is NC(=O)CSc1ccccc1NC(=O)CSc1nnc(-c2cccnc2)n1Cc1ccccc1. The summed E-state index contributed by atoms with van der Waals surface area (Å²) in [4.78, 5) is 28.8. The van der Waals surface area contributed by atoms with Crippen molar-refractivity contribution in [3.05, 3.63) is 84.7 Å². The number of primary amides is 1. The summed E-state index contributed by atoms with van der Waals surface area (Å²) in [7, 11) is 0. The number of hydrogen-bond donors (Lipinski definition) is 2. The lowest BCUT2D eigenvalue weighted by atomic mass is 10.2. The van der Waals surface area contributed by atoms with Gasteiger partial charge in [-0.25, -0.2) is 0 Å². The average Bonchev–Trinajstić information content (AvgIpc) is 3.25. The number of aromatic nitrogens is 4. The number of anilines is 1. The molecule has 2 aromatic heterocycles. The lowest BCUT2D eigenvalue weighted by molar-refractivity contribution is -0.115. The Morgan fingerprint density at radius 3 is 2.47 bits per heavy atom. The number of nitrogens with zero attached hydrogens (tertiary/aromatic N) is 4. The zero-order chi connectivity index (χ0) is 23.8. The predicted molar refractivity (Wildman–Crippen MR) is 135 cm³/mol. The molecule has 0 saturated carbocycles. The van der Waals surface area contributed by atoms with Gasteiger partial charge >= 0.3 is 0 Å². The summed E-state index contributed by atoms with van der Waals surface area (Å²) < 4.78 is 1.99. The quantitative estimate of drug-likeness (QED) is 0.326. The number of rotatable bonds is 10. The third kappa shape index (κ3) is 6.24. The number of amides is 2. The van der Waals surface area contributed by atoms with E-state index >= 15 is 0 Å². The molecule has 10 heteroatoms. The zero-order valence-corrected chi connectivity index (χ0v) is 19.8. The van der Waals surface area contributed by atoms with Crippen LogP contribution < -0.4 is 11.1 Å². The maximum absolute atomic E-state index is 12.7. The molecule has 2 heterocycles. The fraction of sp³-hybridized carbons (Fsp3) is 0.125. The fourth-order valence-corrected chi connectivity index (χ4v) is 4.66. The minimum Gasteiger partial charge on any atom is -0.369 e. The molecule has 4 aromatic rings. The lowest BCUT2D eigenvalue weighted by Gasteiger charge is -2.12. The average molecular weight is 491 g/mol. The van der Waals surface area contributed by atoms with Crippen LogP contribution in [0.25, 0.3) is 11.4 Å². The van der Waals surface area contributed by atoms with Crippen molar-refractivity contribution in [2.45, 2.75) is 16.6 Å². The number of pyridine rings is 1. The number of benzene rings is 2. The molecule has 34 heavy (non-hydrogen) atoms. The Bertz CT molecular complexity index is 1260. The number of thioether (sulfide) groups is 2. The van der Waals surface area contributed by atoms with Gasteiger partial charge in [0.15, 0.2) is 11.0 Å². The van der Waals surface area contributed by atoms with E-state index in [9.17, 15) is 9.59 Å². The molecule has 2 aromatic carbocycles. The van der Waals surface area contributed by atoms with E-state index in [2.05, 4.69) is 20.5 Å². The van der Waals surface area contributed by atoms with Gasteiger partial charge in [-0.15, -0.1) is 22.0 Å². The Balaban J connectivity index is 1.49. The Hall–Kier alpha value is -3.63. The number of nitrogens with one attached hydrogen (secondary N) is 1. The van der Waals surface area contributed by atoms with Crippen LogP contribution in [0.3, 0.4) is 0 Å². The molecule has 0 fully saturated rings. The number of para-hydroxylation sites is 1.